The smallest absolute Gasteiger partial charge is 0.323 e. The molecule has 0 bridgehead atoms. The highest BCUT2D eigenvalue weighted by Crippen LogP contribution is 2.31. The highest BCUT2D eigenvalue weighted by molar-refractivity contribution is 6.04. The van der Waals surface area contributed by atoms with Crippen LogP contribution in [-0.4, -0.2) is 51.3 Å². The van der Waals surface area contributed by atoms with Crippen molar-refractivity contribution in [2.24, 2.45) is 0 Å². The Kier molecular flexibility index (Phi) is 8.41. The Morgan fingerprint density at radius 1 is 0.842 bits per heavy atom. The molecule has 1 fully saturated rings. The van der Waals surface area contributed by atoms with E-state index in [1.54, 1.807) is 13.2 Å². The fourth-order valence-electron chi connectivity index (χ4n) is 4.73. The first-order chi connectivity index (χ1) is 18.2. The van der Waals surface area contributed by atoms with Gasteiger partial charge in [0.05, 0.1) is 18.4 Å². The van der Waals surface area contributed by atoms with Crippen LogP contribution in [-0.2, 0) is 0 Å². The summed E-state index contributed by atoms with van der Waals surface area (Å²) in [5, 5.41) is 8.78. The quantitative estimate of drug-likeness (QED) is 0.391. The summed E-state index contributed by atoms with van der Waals surface area (Å²) >= 11 is 0. The summed E-state index contributed by atoms with van der Waals surface area (Å²) in [7, 11) is 1.69. The van der Waals surface area contributed by atoms with Gasteiger partial charge in [-0.3, -0.25) is 4.79 Å². The van der Waals surface area contributed by atoms with Crippen molar-refractivity contribution >= 4 is 34.7 Å². The Morgan fingerprint density at radius 2 is 1.53 bits per heavy atom. The maximum absolute atomic E-state index is 13.2. The Hall–Kier alpha value is -4.20. The predicted molar refractivity (Wildman–Crippen MR) is 155 cm³/mol. The highest BCUT2D eigenvalue weighted by atomic mass is 16.5. The summed E-state index contributed by atoms with van der Waals surface area (Å²) in [5.74, 6) is 0.688. The van der Waals surface area contributed by atoms with Gasteiger partial charge in [0.2, 0.25) is 0 Å². The lowest BCUT2D eigenvalue weighted by Gasteiger charge is -2.38. The van der Waals surface area contributed by atoms with E-state index in [0.29, 0.717) is 11.3 Å². The van der Waals surface area contributed by atoms with Crippen LogP contribution >= 0.6 is 0 Å². The standard InChI is InChI=1S/C30H37N5O3/c1-20(2)31-29(36)24-19-23(32-30(37)33-25-12-10-21(3)18-22(25)4)11-13-26(24)34-14-16-35(17-15-34)27-8-6-7-9-28(27)38-5/h6-13,18-20H,14-17H2,1-5H3,(H,31,36)(H2,32,33,37). The van der Waals surface area contributed by atoms with E-state index < -0.39 is 0 Å². The predicted octanol–water partition coefficient (Wildman–Crippen LogP) is 5.42. The molecule has 0 saturated carbocycles. The number of benzene rings is 3. The molecule has 1 aliphatic heterocycles. The Balaban J connectivity index is 1.51. The minimum atomic E-state index is -0.356. The number of para-hydroxylation sites is 2. The molecule has 1 saturated heterocycles. The van der Waals surface area contributed by atoms with Crippen LogP contribution in [0.25, 0.3) is 0 Å². The van der Waals surface area contributed by atoms with E-state index in [-0.39, 0.29) is 18.0 Å². The number of piperazine rings is 1. The largest absolute Gasteiger partial charge is 0.495 e. The zero-order valence-corrected chi connectivity index (χ0v) is 22.8. The van der Waals surface area contributed by atoms with E-state index in [1.165, 1.54) is 0 Å². The second-order valence-corrected chi connectivity index (χ2v) is 9.90. The van der Waals surface area contributed by atoms with Gasteiger partial charge >= 0.3 is 6.03 Å². The lowest BCUT2D eigenvalue weighted by Crippen LogP contribution is -2.47. The molecule has 0 aromatic heterocycles. The third kappa shape index (κ3) is 6.37. The molecule has 0 unspecified atom stereocenters. The number of nitrogens with zero attached hydrogens (tertiary/aromatic N) is 2. The second kappa shape index (κ2) is 11.9. The van der Waals surface area contributed by atoms with Gasteiger partial charge in [0, 0.05) is 49.3 Å². The van der Waals surface area contributed by atoms with Crippen LogP contribution in [0.5, 0.6) is 5.75 Å². The number of aryl methyl sites for hydroxylation is 2. The zero-order chi connectivity index (χ0) is 27.2. The topological polar surface area (TPSA) is 85.9 Å². The first kappa shape index (κ1) is 26.9. The van der Waals surface area contributed by atoms with E-state index in [2.05, 4.69) is 31.8 Å². The van der Waals surface area contributed by atoms with Gasteiger partial charge in [-0.25, -0.2) is 4.79 Å². The summed E-state index contributed by atoms with van der Waals surface area (Å²) < 4.78 is 5.54. The summed E-state index contributed by atoms with van der Waals surface area (Å²) in [4.78, 5) is 30.5. The maximum Gasteiger partial charge on any atom is 0.323 e. The SMILES string of the molecule is COc1ccccc1N1CCN(c2ccc(NC(=O)Nc3ccc(C)cc3C)cc2C(=O)NC(C)C)CC1. The van der Waals surface area contributed by atoms with Crippen molar-refractivity contribution in [2.45, 2.75) is 33.7 Å². The molecule has 3 amide bonds. The van der Waals surface area contributed by atoms with Crippen molar-refractivity contribution in [1.82, 2.24) is 5.32 Å². The minimum absolute atomic E-state index is 0.0119. The Morgan fingerprint density at radius 3 is 2.18 bits per heavy atom. The molecule has 0 aliphatic carbocycles. The molecule has 3 aromatic carbocycles. The van der Waals surface area contributed by atoms with Gasteiger partial charge in [-0.1, -0.05) is 29.8 Å². The molecule has 1 aliphatic rings. The van der Waals surface area contributed by atoms with Crippen molar-refractivity contribution in [3.05, 3.63) is 77.4 Å². The van der Waals surface area contributed by atoms with E-state index >= 15 is 0 Å². The third-order valence-corrected chi connectivity index (χ3v) is 6.60. The van der Waals surface area contributed by atoms with Gasteiger partial charge in [-0.05, 0) is 69.7 Å². The lowest BCUT2D eigenvalue weighted by atomic mass is 10.1. The highest BCUT2D eigenvalue weighted by Gasteiger charge is 2.24. The van der Waals surface area contributed by atoms with Crippen molar-refractivity contribution in [2.75, 3.05) is 53.7 Å². The summed E-state index contributed by atoms with van der Waals surface area (Å²) in [6.45, 7) is 10.9. The molecular weight excluding hydrogens is 478 g/mol. The minimum Gasteiger partial charge on any atom is -0.495 e. The van der Waals surface area contributed by atoms with Gasteiger partial charge in [0.1, 0.15) is 5.75 Å². The normalized spacial score (nSPS) is 13.3. The number of carbonyl (C=O) groups is 2. The van der Waals surface area contributed by atoms with Crippen LogP contribution in [0.1, 0.15) is 35.3 Å². The first-order valence-electron chi connectivity index (χ1n) is 13.0. The molecule has 0 spiro atoms. The molecular formula is C30H37N5O3. The Labute approximate surface area is 225 Å². The van der Waals surface area contributed by atoms with Crippen LogP contribution in [0.3, 0.4) is 0 Å². The summed E-state index contributed by atoms with van der Waals surface area (Å²) in [6.07, 6.45) is 0. The zero-order valence-electron chi connectivity index (χ0n) is 22.8. The number of methoxy groups -OCH3 is 1. The van der Waals surface area contributed by atoms with Crippen molar-refractivity contribution in [1.29, 1.82) is 0 Å². The lowest BCUT2D eigenvalue weighted by molar-refractivity contribution is 0.0943. The first-order valence-corrected chi connectivity index (χ1v) is 13.0. The van der Waals surface area contributed by atoms with Crippen LogP contribution in [0.2, 0.25) is 0 Å². The number of amides is 3. The van der Waals surface area contributed by atoms with Crippen LogP contribution in [0.4, 0.5) is 27.5 Å². The summed E-state index contributed by atoms with van der Waals surface area (Å²) in [6, 6.07) is 19.0. The van der Waals surface area contributed by atoms with Gasteiger partial charge < -0.3 is 30.5 Å². The third-order valence-electron chi connectivity index (χ3n) is 6.60. The van der Waals surface area contributed by atoms with Crippen LogP contribution in [0, 0.1) is 13.8 Å². The van der Waals surface area contributed by atoms with E-state index in [9.17, 15) is 9.59 Å². The molecule has 8 heteroatoms. The van der Waals surface area contributed by atoms with E-state index in [4.69, 9.17) is 4.74 Å². The number of hydrogen-bond donors (Lipinski definition) is 3. The van der Waals surface area contributed by atoms with Gasteiger partial charge in [-0.15, -0.1) is 0 Å². The number of nitrogens with one attached hydrogen (secondary N) is 3. The molecule has 3 N–H and O–H groups in total. The fraction of sp³-hybridized carbons (Fsp3) is 0.333. The van der Waals surface area contributed by atoms with Crippen molar-refractivity contribution in [3.63, 3.8) is 0 Å². The molecule has 4 rings (SSSR count). The Bertz CT molecular complexity index is 1300. The number of anilines is 4. The molecule has 0 radical (unpaired) electrons. The number of ether oxygens (including phenoxy) is 1. The van der Waals surface area contributed by atoms with Gasteiger partial charge in [0.15, 0.2) is 0 Å². The van der Waals surface area contributed by atoms with E-state index in [0.717, 1.165) is 60.1 Å². The van der Waals surface area contributed by atoms with Crippen LogP contribution in [0.15, 0.2) is 60.7 Å². The summed E-state index contributed by atoms with van der Waals surface area (Å²) in [5.41, 5.74) is 5.88. The number of carbonyl (C=O) groups excluding carboxylic acids is 2. The molecule has 3 aromatic rings. The average molecular weight is 516 g/mol. The molecule has 8 nitrogen and oxygen atoms in total. The van der Waals surface area contributed by atoms with Crippen molar-refractivity contribution < 1.29 is 14.3 Å². The second-order valence-electron chi connectivity index (χ2n) is 9.90. The van der Waals surface area contributed by atoms with Crippen molar-refractivity contribution in [3.8, 4) is 5.75 Å². The van der Waals surface area contributed by atoms with Crippen LogP contribution < -0.4 is 30.5 Å². The van der Waals surface area contributed by atoms with Gasteiger partial charge in [-0.2, -0.15) is 0 Å². The molecule has 200 valence electrons. The van der Waals surface area contributed by atoms with Gasteiger partial charge in [0.25, 0.3) is 5.91 Å². The van der Waals surface area contributed by atoms with E-state index in [1.807, 2.05) is 76.2 Å². The molecule has 1 heterocycles. The monoisotopic (exact) mass is 515 g/mol. The average Bonchev–Trinajstić information content (AvgIpc) is 2.90. The number of urea groups is 1. The molecule has 0 atom stereocenters. The molecule has 38 heavy (non-hydrogen) atoms. The number of rotatable bonds is 7. The maximum atomic E-state index is 13.2. The number of hydrogen-bond acceptors (Lipinski definition) is 5. The fourth-order valence-corrected chi connectivity index (χ4v) is 4.73.